The van der Waals surface area contributed by atoms with Crippen molar-refractivity contribution in [1.82, 2.24) is 28.6 Å². The van der Waals surface area contributed by atoms with E-state index >= 15 is 0 Å². The number of nitrogens with zero attached hydrogens (tertiary/aromatic N) is 5. The second kappa shape index (κ2) is 11.8. The molecule has 5 heterocycles. The van der Waals surface area contributed by atoms with Crippen molar-refractivity contribution in [2.75, 3.05) is 11.5 Å². The predicted molar refractivity (Wildman–Crippen MR) is 171 cm³/mol. The van der Waals surface area contributed by atoms with E-state index in [0.717, 1.165) is 41.2 Å². The average molecular weight is 643 g/mol. The first kappa shape index (κ1) is 30.5. The highest BCUT2D eigenvalue weighted by Gasteiger charge is 2.31. The summed E-state index contributed by atoms with van der Waals surface area (Å²) in [5.74, 6) is 0.771. The molecule has 0 spiro atoms. The largest absolute Gasteiger partial charge is 0.349 e. The van der Waals surface area contributed by atoms with Gasteiger partial charge in [0.05, 0.1) is 22.5 Å². The van der Waals surface area contributed by atoms with Crippen LogP contribution in [0.1, 0.15) is 85.7 Å². The van der Waals surface area contributed by atoms with Gasteiger partial charge in [-0.15, -0.1) is 11.3 Å². The van der Waals surface area contributed by atoms with Gasteiger partial charge < -0.3 is 5.32 Å². The fourth-order valence-corrected chi connectivity index (χ4v) is 9.01. The molecule has 1 aliphatic heterocycles. The number of thioether (sulfide) groups is 1. The van der Waals surface area contributed by atoms with Crippen LogP contribution in [0, 0.1) is 12.7 Å². The number of carbonyl (C=O) groups is 1. The fourth-order valence-electron chi connectivity index (χ4n) is 6.67. The maximum absolute atomic E-state index is 14.2. The first-order chi connectivity index (χ1) is 21.0. The van der Waals surface area contributed by atoms with Crippen molar-refractivity contribution in [1.29, 1.82) is 0 Å². The van der Waals surface area contributed by atoms with E-state index in [0.29, 0.717) is 35.4 Å². The molecule has 234 valence electrons. The highest BCUT2D eigenvalue weighted by atomic mass is 32.2. The number of rotatable bonds is 5. The lowest BCUT2D eigenvalue weighted by molar-refractivity contribution is 0.0923. The van der Waals surface area contributed by atoms with Gasteiger partial charge in [-0.05, 0) is 76.9 Å². The minimum Gasteiger partial charge on any atom is -0.349 e. The van der Waals surface area contributed by atoms with E-state index in [-0.39, 0.29) is 46.0 Å². The van der Waals surface area contributed by atoms with Crippen molar-refractivity contribution in [2.24, 2.45) is 7.05 Å². The van der Waals surface area contributed by atoms with Gasteiger partial charge >= 0.3 is 11.4 Å². The summed E-state index contributed by atoms with van der Waals surface area (Å²) >= 11 is 3.08. The average Bonchev–Trinajstić information content (AvgIpc) is 3.34. The van der Waals surface area contributed by atoms with E-state index in [1.165, 1.54) is 27.5 Å². The third-order valence-electron chi connectivity index (χ3n) is 8.92. The number of thiophene rings is 1. The van der Waals surface area contributed by atoms with E-state index in [1.54, 1.807) is 11.5 Å². The van der Waals surface area contributed by atoms with Gasteiger partial charge in [0, 0.05) is 36.1 Å². The van der Waals surface area contributed by atoms with Gasteiger partial charge in [0.1, 0.15) is 16.3 Å². The molecular formula is C30H35FN6O5S2. The Morgan fingerprint density at radius 3 is 2.30 bits per heavy atom. The molecule has 1 amide bonds. The summed E-state index contributed by atoms with van der Waals surface area (Å²) < 4.78 is 19.7. The number of aryl methyl sites for hydroxylation is 1. The van der Waals surface area contributed by atoms with Crippen LogP contribution < -0.4 is 27.8 Å². The summed E-state index contributed by atoms with van der Waals surface area (Å²) in [6.07, 6.45) is 4.53. The second-order valence-electron chi connectivity index (χ2n) is 12.0. The zero-order valence-corrected chi connectivity index (χ0v) is 26.7. The Labute approximate surface area is 259 Å². The molecule has 1 N–H and O–H groups in total. The number of amides is 1. The van der Waals surface area contributed by atoms with E-state index in [9.17, 15) is 28.4 Å². The van der Waals surface area contributed by atoms with Crippen LogP contribution in [0.25, 0.3) is 21.3 Å². The Kier molecular flexibility index (Phi) is 8.16. The monoisotopic (exact) mass is 642 g/mol. The number of aromatic nitrogens is 5. The van der Waals surface area contributed by atoms with Crippen molar-refractivity contribution >= 4 is 50.3 Å². The summed E-state index contributed by atoms with van der Waals surface area (Å²) in [4.78, 5) is 72.3. The normalized spacial score (nSPS) is 19.7. The minimum atomic E-state index is -0.631. The quantitative estimate of drug-likeness (QED) is 0.352. The maximum atomic E-state index is 14.2. The molecule has 1 aliphatic carbocycles. The molecule has 6 rings (SSSR count). The van der Waals surface area contributed by atoms with Gasteiger partial charge in [0.2, 0.25) is 0 Å². The number of nitrogens with one attached hydrogen (secondary N) is 1. The standard InChI is InChI=1S/C30H35FN6O5S2/c1-15(2)35-28-23(27(40)34(4)29(35)41)22(16(3)44-28)25(38)33-18-5-7-19(8-6-18)37-26(39)21-13-17(31)14-32-24(21)36(30(37)42)20-9-11-43-12-10-20/h13-15,18-20H,5-12H2,1-4H3,(H,33,38). The van der Waals surface area contributed by atoms with Gasteiger partial charge in [-0.3, -0.25) is 32.7 Å². The van der Waals surface area contributed by atoms with Gasteiger partial charge in [0.25, 0.3) is 17.0 Å². The molecule has 1 saturated carbocycles. The molecule has 4 aromatic rings. The molecule has 4 aromatic heterocycles. The summed E-state index contributed by atoms with van der Waals surface area (Å²) in [6.45, 7) is 5.48. The lowest BCUT2D eigenvalue weighted by Gasteiger charge is -2.31. The molecule has 2 aliphatic rings. The summed E-state index contributed by atoms with van der Waals surface area (Å²) in [5.41, 5.74) is -1.39. The van der Waals surface area contributed by atoms with Crippen LogP contribution >= 0.6 is 23.1 Å². The molecular weight excluding hydrogens is 607 g/mol. The Morgan fingerprint density at radius 1 is 0.977 bits per heavy atom. The zero-order valence-electron chi connectivity index (χ0n) is 25.1. The maximum Gasteiger partial charge on any atom is 0.333 e. The first-order valence-electron chi connectivity index (χ1n) is 14.9. The Hall–Kier alpha value is -3.52. The van der Waals surface area contributed by atoms with Gasteiger partial charge in [-0.1, -0.05) is 0 Å². The van der Waals surface area contributed by atoms with Crippen molar-refractivity contribution in [3.63, 3.8) is 0 Å². The lowest BCUT2D eigenvalue weighted by atomic mass is 9.90. The first-order valence-corrected chi connectivity index (χ1v) is 16.9. The Morgan fingerprint density at radius 2 is 1.64 bits per heavy atom. The van der Waals surface area contributed by atoms with E-state index in [1.807, 2.05) is 25.6 Å². The Bertz CT molecular complexity index is 2030. The summed E-state index contributed by atoms with van der Waals surface area (Å²) in [5, 5.41) is 3.40. The number of hydrogen-bond donors (Lipinski definition) is 1. The van der Waals surface area contributed by atoms with Gasteiger partial charge in [0.15, 0.2) is 0 Å². The number of pyridine rings is 1. The number of halogens is 1. The van der Waals surface area contributed by atoms with E-state index in [4.69, 9.17) is 0 Å². The van der Waals surface area contributed by atoms with E-state index < -0.39 is 34.4 Å². The second-order valence-corrected chi connectivity index (χ2v) is 14.4. The van der Waals surface area contributed by atoms with Gasteiger partial charge in [-0.25, -0.2) is 19.0 Å². The molecule has 0 aromatic carbocycles. The number of carbonyl (C=O) groups excluding carboxylic acids is 1. The molecule has 14 heteroatoms. The third-order valence-corrected chi connectivity index (χ3v) is 11.1. The number of fused-ring (bicyclic) bond motifs is 2. The van der Waals surface area contributed by atoms with Crippen LogP contribution in [-0.2, 0) is 7.05 Å². The molecule has 0 unspecified atom stereocenters. The fraction of sp³-hybridized carbons (Fsp3) is 0.533. The van der Waals surface area contributed by atoms with Crippen LogP contribution in [0.3, 0.4) is 0 Å². The van der Waals surface area contributed by atoms with E-state index in [2.05, 4.69) is 10.3 Å². The lowest BCUT2D eigenvalue weighted by Crippen LogP contribution is -2.46. The van der Waals surface area contributed by atoms with Crippen molar-refractivity contribution < 1.29 is 9.18 Å². The van der Waals surface area contributed by atoms with Crippen LogP contribution in [0.15, 0.2) is 31.4 Å². The van der Waals surface area contributed by atoms with Crippen LogP contribution in [0.5, 0.6) is 0 Å². The summed E-state index contributed by atoms with van der Waals surface area (Å²) in [7, 11) is 1.42. The molecule has 0 radical (unpaired) electrons. The molecule has 1 saturated heterocycles. The minimum absolute atomic E-state index is 0.0968. The molecule has 0 atom stereocenters. The SMILES string of the molecule is Cc1sc2c(c1C(=O)NC1CCC(n3c(=O)c4cc(F)cnc4n(C4CCSCC4)c3=O)CC1)c(=O)n(C)c(=O)n2C(C)C. The predicted octanol–water partition coefficient (Wildman–Crippen LogP) is 3.64. The van der Waals surface area contributed by atoms with Crippen LogP contribution in [-0.4, -0.2) is 46.7 Å². The highest BCUT2D eigenvalue weighted by molar-refractivity contribution is 7.99. The Balaban J connectivity index is 1.28. The third kappa shape index (κ3) is 5.05. The molecule has 0 bridgehead atoms. The number of hydrogen-bond acceptors (Lipinski definition) is 8. The molecule has 44 heavy (non-hydrogen) atoms. The van der Waals surface area contributed by atoms with Gasteiger partial charge in [-0.2, -0.15) is 11.8 Å². The zero-order chi connectivity index (χ0) is 31.4. The molecule has 11 nitrogen and oxygen atoms in total. The highest BCUT2D eigenvalue weighted by Crippen LogP contribution is 2.32. The van der Waals surface area contributed by atoms with Crippen molar-refractivity contribution in [3.05, 3.63) is 70.2 Å². The summed E-state index contributed by atoms with van der Waals surface area (Å²) in [6, 6.07) is 0.206. The smallest absolute Gasteiger partial charge is 0.333 e. The van der Waals surface area contributed by atoms with Crippen molar-refractivity contribution in [3.8, 4) is 0 Å². The van der Waals surface area contributed by atoms with Crippen molar-refractivity contribution in [2.45, 2.75) is 83.5 Å². The molecule has 2 fully saturated rings. The van der Waals surface area contributed by atoms with Crippen LogP contribution in [0.2, 0.25) is 0 Å². The topological polar surface area (TPSA) is 130 Å². The van der Waals surface area contributed by atoms with Crippen LogP contribution in [0.4, 0.5) is 4.39 Å².